The molecule has 0 spiro atoms. The highest BCUT2D eigenvalue weighted by Gasteiger charge is 1.94. The lowest BCUT2D eigenvalue weighted by molar-refractivity contribution is 0.340. The average Bonchev–Trinajstić information content (AvgIpc) is 2.29. The first-order valence-corrected chi connectivity index (χ1v) is 5.90. The zero-order valence-electron chi connectivity index (χ0n) is 10.4. The van der Waals surface area contributed by atoms with Crippen LogP contribution in [0.25, 0.3) is 6.08 Å². The highest BCUT2D eigenvalue weighted by Crippen LogP contribution is 2.13. The summed E-state index contributed by atoms with van der Waals surface area (Å²) < 4.78 is 5.39. The Bertz CT molecular complexity index is 316. The van der Waals surface area contributed by atoms with Crippen molar-refractivity contribution >= 4 is 6.08 Å². The maximum absolute atomic E-state index is 5.39. The summed E-state index contributed by atoms with van der Waals surface area (Å²) in [6.45, 7) is 7.96. The Morgan fingerprint density at radius 3 is 2.50 bits per heavy atom. The molecule has 0 aliphatic rings. The van der Waals surface area contributed by atoms with Crippen molar-refractivity contribution < 1.29 is 4.74 Å². The molecule has 0 amide bonds. The summed E-state index contributed by atoms with van der Waals surface area (Å²) in [6.07, 6.45) is 4.29. The average molecular weight is 219 g/mol. The summed E-state index contributed by atoms with van der Waals surface area (Å²) in [5.41, 5.74) is 1.20. The first kappa shape index (κ1) is 12.8. The molecule has 0 bridgehead atoms. The molecule has 1 unspecified atom stereocenters. The van der Waals surface area contributed by atoms with Crippen LogP contribution < -0.4 is 10.1 Å². The molecule has 0 heterocycles. The molecule has 0 saturated carbocycles. The van der Waals surface area contributed by atoms with Gasteiger partial charge in [0.15, 0.2) is 0 Å². The van der Waals surface area contributed by atoms with Crippen molar-refractivity contribution in [3.05, 3.63) is 35.9 Å². The second-order valence-electron chi connectivity index (χ2n) is 3.71. The van der Waals surface area contributed by atoms with E-state index in [0.29, 0.717) is 12.6 Å². The van der Waals surface area contributed by atoms with E-state index < -0.39 is 0 Å². The summed E-state index contributed by atoms with van der Waals surface area (Å²) in [7, 11) is 0. The quantitative estimate of drug-likeness (QED) is 0.793. The van der Waals surface area contributed by atoms with Gasteiger partial charge in [-0.05, 0) is 38.1 Å². The van der Waals surface area contributed by atoms with Gasteiger partial charge in [-0.25, -0.2) is 0 Å². The highest BCUT2D eigenvalue weighted by molar-refractivity contribution is 5.51. The monoisotopic (exact) mass is 219 g/mol. The fourth-order valence-electron chi connectivity index (χ4n) is 1.49. The van der Waals surface area contributed by atoms with Gasteiger partial charge in [0.2, 0.25) is 0 Å². The van der Waals surface area contributed by atoms with Gasteiger partial charge in [0.1, 0.15) is 5.75 Å². The van der Waals surface area contributed by atoms with E-state index in [1.807, 2.05) is 19.1 Å². The van der Waals surface area contributed by atoms with E-state index in [-0.39, 0.29) is 0 Å². The van der Waals surface area contributed by atoms with Gasteiger partial charge >= 0.3 is 0 Å². The van der Waals surface area contributed by atoms with Gasteiger partial charge in [-0.1, -0.05) is 31.2 Å². The van der Waals surface area contributed by atoms with Crippen LogP contribution in [-0.4, -0.2) is 19.2 Å². The molecular formula is C14H21NO. The van der Waals surface area contributed by atoms with E-state index in [1.165, 1.54) is 5.56 Å². The summed E-state index contributed by atoms with van der Waals surface area (Å²) in [5.74, 6) is 0.930. The third-order valence-electron chi connectivity index (χ3n) is 2.29. The van der Waals surface area contributed by atoms with E-state index in [0.717, 1.165) is 12.3 Å². The Balaban J connectivity index is 2.54. The summed E-state index contributed by atoms with van der Waals surface area (Å²) in [4.78, 5) is 0. The van der Waals surface area contributed by atoms with Crippen LogP contribution in [0.2, 0.25) is 0 Å². The summed E-state index contributed by atoms with van der Waals surface area (Å²) in [5, 5.41) is 3.34. The number of hydrogen-bond acceptors (Lipinski definition) is 2. The van der Waals surface area contributed by atoms with Crippen LogP contribution in [0.1, 0.15) is 26.3 Å². The number of rotatable bonds is 6. The molecular weight excluding hydrogens is 198 g/mol. The van der Waals surface area contributed by atoms with Gasteiger partial charge in [0.25, 0.3) is 0 Å². The Kier molecular flexibility index (Phi) is 5.65. The van der Waals surface area contributed by atoms with Gasteiger partial charge in [-0.3, -0.25) is 0 Å². The molecule has 88 valence electrons. The van der Waals surface area contributed by atoms with Gasteiger partial charge in [0, 0.05) is 6.04 Å². The van der Waals surface area contributed by atoms with Gasteiger partial charge < -0.3 is 10.1 Å². The van der Waals surface area contributed by atoms with Crippen LogP contribution in [0.4, 0.5) is 0 Å². The second kappa shape index (κ2) is 7.07. The SMILES string of the molecule is CCNC(C)/C=C/c1ccc(OCC)cc1. The van der Waals surface area contributed by atoms with Crippen molar-refractivity contribution in [3.8, 4) is 5.75 Å². The molecule has 1 aromatic carbocycles. The maximum Gasteiger partial charge on any atom is 0.119 e. The second-order valence-corrected chi connectivity index (χ2v) is 3.71. The van der Waals surface area contributed by atoms with Crippen LogP contribution >= 0.6 is 0 Å². The summed E-state index contributed by atoms with van der Waals surface area (Å²) >= 11 is 0. The van der Waals surface area contributed by atoms with Crippen LogP contribution in [0, 0.1) is 0 Å². The van der Waals surface area contributed by atoms with Gasteiger partial charge in [-0.15, -0.1) is 0 Å². The summed E-state index contributed by atoms with van der Waals surface area (Å²) in [6, 6.07) is 8.55. The van der Waals surface area contributed by atoms with Gasteiger partial charge in [0.05, 0.1) is 6.61 Å². The third-order valence-corrected chi connectivity index (χ3v) is 2.29. The molecule has 0 radical (unpaired) electrons. The molecule has 1 atom stereocenters. The molecule has 0 aromatic heterocycles. The van der Waals surface area contributed by atoms with Gasteiger partial charge in [-0.2, -0.15) is 0 Å². The zero-order chi connectivity index (χ0) is 11.8. The highest BCUT2D eigenvalue weighted by atomic mass is 16.5. The molecule has 0 fully saturated rings. The minimum Gasteiger partial charge on any atom is -0.494 e. The van der Waals surface area contributed by atoms with Crippen LogP contribution in [0.5, 0.6) is 5.75 Å². The van der Waals surface area contributed by atoms with E-state index >= 15 is 0 Å². The molecule has 2 nitrogen and oxygen atoms in total. The molecule has 0 aliphatic heterocycles. The largest absolute Gasteiger partial charge is 0.494 e. The van der Waals surface area contributed by atoms with Crippen molar-refractivity contribution in [2.75, 3.05) is 13.2 Å². The molecule has 1 rings (SSSR count). The van der Waals surface area contributed by atoms with E-state index in [4.69, 9.17) is 4.74 Å². The topological polar surface area (TPSA) is 21.3 Å². The fraction of sp³-hybridized carbons (Fsp3) is 0.429. The van der Waals surface area contributed by atoms with E-state index in [1.54, 1.807) is 0 Å². The predicted octanol–water partition coefficient (Wildman–Crippen LogP) is 3.10. The maximum atomic E-state index is 5.39. The Morgan fingerprint density at radius 2 is 1.94 bits per heavy atom. The van der Waals surface area contributed by atoms with Crippen LogP contribution in [-0.2, 0) is 0 Å². The number of likely N-dealkylation sites (N-methyl/N-ethyl adjacent to an activating group) is 1. The number of ether oxygens (including phenoxy) is 1. The van der Waals surface area contributed by atoms with Crippen molar-refractivity contribution in [1.82, 2.24) is 5.32 Å². The Hall–Kier alpha value is -1.28. The Morgan fingerprint density at radius 1 is 1.25 bits per heavy atom. The van der Waals surface area contributed by atoms with Crippen molar-refractivity contribution in [2.45, 2.75) is 26.8 Å². The minimum absolute atomic E-state index is 0.413. The molecule has 16 heavy (non-hydrogen) atoms. The molecule has 0 saturated heterocycles. The lowest BCUT2D eigenvalue weighted by atomic mass is 10.2. The number of hydrogen-bond donors (Lipinski definition) is 1. The molecule has 1 N–H and O–H groups in total. The van der Waals surface area contributed by atoms with Crippen LogP contribution in [0.15, 0.2) is 30.3 Å². The normalized spacial score (nSPS) is 12.9. The number of nitrogens with one attached hydrogen (secondary N) is 1. The van der Waals surface area contributed by atoms with Crippen molar-refractivity contribution in [2.24, 2.45) is 0 Å². The molecule has 2 heteroatoms. The Labute approximate surface area is 98.3 Å². The minimum atomic E-state index is 0.413. The third kappa shape index (κ3) is 4.49. The van der Waals surface area contributed by atoms with Crippen LogP contribution in [0.3, 0.4) is 0 Å². The smallest absolute Gasteiger partial charge is 0.119 e. The standard InChI is InChI=1S/C14H21NO/c1-4-15-12(3)6-7-13-8-10-14(11-9-13)16-5-2/h6-12,15H,4-5H2,1-3H3/b7-6+. The van der Waals surface area contributed by atoms with Crippen molar-refractivity contribution in [3.63, 3.8) is 0 Å². The molecule has 0 aliphatic carbocycles. The lowest BCUT2D eigenvalue weighted by Gasteiger charge is -2.06. The van der Waals surface area contributed by atoms with Crippen molar-refractivity contribution in [1.29, 1.82) is 0 Å². The molecule has 1 aromatic rings. The first-order valence-electron chi connectivity index (χ1n) is 5.90. The fourth-order valence-corrected chi connectivity index (χ4v) is 1.49. The number of benzene rings is 1. The first-order chi connectivity index (χ1) is 7.76. The van der Waals surface area contributed by atoms with E-state index in [2.05, 4.69) is 43.4 Å². The zero-order valence-corrected chi connectivity index (χ0v) is 10.4. The predicted molar refractivity (Wildman–Crippen MR) is 69.8 cm³/mol. The van der Waals surface area contributed by atoms with E-state index in [9.17, 15) is 0 Å². The lowest BCUT2D eigenvalue weighted by Crippen LogP contribution is -2.22.